The highest BCUT2D eigenvalue weighted by molar-refractivity contribution is 5.13. The Morgan fingerprint density at radius 2 is 2.07 bits per heavy atom. The van der Waals surface area contributed by atoms with Crippen LogP contribution in [0, 0.1) is 6.92 Å². The van der Waals surface area contributed by atoms with Crippen molar-refractivity contribution in [1.82, 2.24) is 10.6 Å². The summed E-state index contributed by atoms with van der Waals surface area (Å²) in [6, 6.07) is 1.98. The van der Waals surface area contributed by atoms with Crippen molar-refractivity contribution in [2.45, 2.75) is 13.5 Å². The first-order valence-corrected chi connectivity index (χ1v) is 5.28. The molecule has 4 nitrogen and oxygen atoms in total. The lowest BCUT2D eigenvalue weighted by atomic mass is 10.3. The fraction of sp³-hybridized carbons (Fsp3) is 0.636. The van der Waals surface area contributed by atoms with Crippen molar-refractivity contribution < 1.29 is 9.15 Å². The zero-order valence-electron chi connectivity index (χ0n) is 9.51. The van der Waals surface area contributed by atoms with E-state index < -0.39 is 0 Å². The Balaban J connectivity index is 1.96. The molecule has 0 radical (unpaired) electrons. The lowest BCUT2D eigenvalue weighted by Gasteiger charge is -2.05. The molecule has 0 aliphatic rings. The van der Waals surface area contributed by atoms with Gasteiger partial charge in [0.25, 0.3) is 0 Å². The third-order valence-electron chi connectivity index (χ3n) is 2.22. The van der Waals surface area contributed by atoms with Gasteiger partial charge in [-0.15, -0.1) is 0 Å². The Bertz CT molecular complexity index is 261. The van der Waals surface area contributed by atoms with E-state index in [0.717, 1.165) is 38.5 Å². The smallest absolute Gasteiger partial charge is 0.120 e. The number of hydrogen-bond donors (Lipinski definition) is 2. The van der Waals surface area contributed by atoms with Crippen molar-refractivity contribution in [1.29, 1.82) is 0 Å². The monoisotopic (exact) mass is 212 g/mol. The summed E-state index contributed by atoms with van der Waals surface area (Å²) in [5.41, 5.74) is 1.20. The summed E-state index contributed by atoms with van der Waals surface area (Å²) in [6.07, 6.45) is 1.73. The molecule has 0 saturated heterocycles. The third-order valence-corrected chi connectivity index (χ3v) is 2.22. The normalized spacial score (nSPS) is 10.8. The Morgan fingerprint density at radius 1 is 1.27 bits per heavy atom. The van der Waals surface area contributed by atoms with Crippen molar-refractivity contribution in [2.75, 3.05) is 33.4 Å². The third kappa shape index (κ3) is 4.97. The van der Waals surface area contributed by atoms with Crippen LogP contribution in [-0.2, 0) is 11.3 Å². The van der Waals surface area contributed by atoms with Crippen LogP contribution in [0.25, 0.3) is 0 Å². The summed E-state index contributed by atoms with van der Waals surface area (Å²) in [5, 5.41) is 6.57. The number of methoxy groups -OCH3 is 1. The molecule has 0 bridgehead atoms. The van der Waals surface area contributed by atoms with Gasteiger partial charge >= 0.3 is 0 Å². The lowest BCUT2D eigenvalue weighted by molar-refractivity contribution is 0.199. The van der Waals surface area contributed by atoms with Gasteiger partial charge in [0, 0.05) is 26.7 Å². The average molecular weight is 212 g/mol. The van der Waals surface area contributed by atoms with Crippen molar-refractivity contribution in [2.24, 2.45) is 0 Å². The minimum atomic E-state index is 0.761. The molecule has 0 amide bonds. The van der Waals surface area contributed by atoms with Crippen LogP contribution in [0.5, 0.6) is 0 Å². The molecule has 0 aliphatic carbocycles. The van der Waals surface area contributed by atoms with Gasteiger partial charge in [-0.3, -0.25) is 0 Å². The first kappa shape index (κ1) is 12.2. The summed E-state index contributed by atoms with van der Waals surface area (Å²) in [4.78, 5) is 0. The minimum absolute atomic E-state index is 0.761. The second-order valence-corrected chi connectivity index (χ2v) is 3.45. The molecule has 0 saturated carbocycles. The number of aryl methyl sites for hydroxylation is 1. The second-order valence-electron chi connectivity index (χ2n) is 3.45. The SMILES string of the molecule is COCCNCCNCc1occc1C. The maximum absolute atomic E-state index is 5.31. The van der Waals surface area contributed by atoms with Gasteiger partial charge in [-0.05, 0) is 18.6 Å². The largest absolute Gasteiger partial charge is 0.468 e. The highest BCUT2D eigenvalue weighted by Gasteiger charge is 1.99. The molecule has 0 spiro atoms. The van der Waals surface area contributed by atoms with Crippen LogP contribution in [0.3, 0.4) is 0 Å². The van der Waals surface area contributed by atoms with Gasteiger partial charge in [0.2, 0.25) is 0 Å². The number of nitrogens with one attached hydrogen (secondary N) is 2. The van der Waals surface area contributed by atoms with E-state index in [9.17, 15) is 0 Å². The van der Waals surface area contributed by atoms with Gasteiger partial charge < -0.3 is 19.8 Å². The van der Waals surface area contributed by atoms with E-state index in [4.69, 9.17) is 9.15 Å². The van der Waals surface area contributed by atoms with Crippen LogP contribution in [0.2, 0.25) is 0 Å². The minimum Gasteiger partial charge on any atom is -0.468 e. The van der Waals surface area contributed by atoms with E-state index in [0.29, 0.717) is 0 Å². The summed E-state index contributed by atoms with van der Waals surface area (Å²) >= 11 is 0. The molecular weight excluding hydrogens is 192 g/mol. The number of hydrogen-bond acceptors (Lipinski definition) is 4. The van der Waals surface area contributed by atoms with E-state index in [2.05, 4.69) is 17.6 Å². The molecular formula is C11H20N2O2. The Kier molecular flexibility index (Phi) is 6.08. The van der Waals surface area contributed by atoms with E-state index in [1.165, 1.54) is 5.56 Å². The zero-order chi connectivity index (χ0) is 10.9. The van der Waals surface area contributed by atoms with Gasteiger partial charge in [-0.2, -0.15) is 0 Å². The van der Waals surface area contributed by atoms with Gasteiger partial charge in [0.1, 0.15) is 5.76 Å². The molecule has 86 valence electrons. The molecule has 1 aromatic rings. The fourth-order valence-corrected chi connectivity index (χ4v) is 1.26. The first-order valence-electron chi connectivity index (χ1n) is 5.28. The number of furan rings is 1. The first-order chi connectivity index (χ1) is 7.34. The van der Waals surface area contributed by atoms with Crippen molar-refractivity contribution in [3.05, 3.63) is 23.7 Å². The molecule has 2 N–H and O–H groups in total. The van der Waals surface area contributed by atoms with E-state index in [1.54, 1.807) is 13.4 Å². The molecule has 0 unspecified atom stereocenters. The van der Waals surface area contributed by atoms with E-state index in [1.807, 2.05) is 6.07 Å². The number of ether oxygens (including phenoxy) is 1. The van der Waals surface area contributed by atoms with Gasteiger partial charge in [0.05, 0.1) is 19.4 Å². The van der Waals surface area contributed by atoms with Crippen LogP contribution in [0.4, 0.5) is 0 Å². The van der Waals surface area contributed by atoms with Crippen LogP contribution in [0.1, 0.15) is 11.3 Å². The van der Waals surface area contributed by atoms with Gasteiger partial charge in [-0.25, -0.2) is 0 Å². The quantitative estimate of drug-likeness (QED) is 0.629. The van der Waals surface area contributed by atoms with Crippen molar-refractivity contribution in [3.63, 3.8) is 0 Å². The maximum atomic E-state index is 5.31. The van der Waals surface area contributed by atoms with Crippen LogP contribution >= 0.6 is 0 Å². The Hall–Kier alpha value is -0.840. The molecule has 1 rings (SSSR count). The zero-order valence-corrected chi connectivity index (χ0v) is 9.51. The standard InChI is InChI=1S/C11H20N2O2/c1-10-3-7-15-11(10)9-13-5-4-12-6-8-14-2/h3,7,12-13H,4-6,8-9H2,1-2H3. The predicted molar refractivity (Wildman–Crippen MR) is 59.9 cm³/mol. The molecule has 4 heteroatoms. The average Bonchev–Trinajstić information content (AvgIpc) is 2.63. The second kappa shape index (κ2) is 7.45. The van der Waals surface area contributed by atoms with Gasteiger partial charge in [-0.1, -0.05) is 0 Å². The molecule has 15 heavy (non-hydrogen) atoms. The van der Waals surface area contributed by atoms with Crippen LogP contribution < -0.4 is 10.6 Å². The summed E-state index contributed by atoms with van der Waals surface area (Å²) < 4.78 is 10.2. The number of rotatable bonds is 8. The predicted octanol–water partition coefficient (Wildman–Crippen LogP) is 0.914. The Labute approximate surface area is 91.0 Å². The topological polar surface area (TPSA) is 46.4 Å². The molecule has 0 atom stereocenters. The molecule has 0 fully saturated rings. The van der Waals surface area contributed by atoms with Crippen molar-refractivity contribution in [3.8, 4) is 0 Å². The molecule has 1 aromatic heterocycles. The summed E-state index contributed by atoms with van der Waals surface area (Å²) in [6.45, 7) is 6.39. The molecule has 1 heterocycles. The van der Waals surface area contributed by atoms with Gasteiger partial charge in [0.15, 0.2) is 0 Å². The summed E-state index contributed by atoms with van der Waals surface area (Å²) in [7, 11) is 1.71. The molecule has 0 aliphatic heterocycles. The van der Waals surface area contributed by atoms with E-state index in [-0.39, 0.29) is 0 Å². The Morgan fingerprint density at radius 3 is 2.73 bits per heavy atom. The lowest BCUT2D eigenvalue weighted by Crippen LogP contribution is -2.29. The van der Waals surface area contributed by atoms with E-state index >= 15 is 0 Å². The van der Waals surface area contributed by atoms with Crippen molar-refractivity contribution >= 4 is 0 Å². The highest BCUT2D eigenvalue weighted by Crippen LogP contribution is 2.07. The van der Waals surface area contributed by atoms with Crippen LogP contribution in [0.15, 0.2) is 16.7 Å². The maximum Gasteiger partial charge on any atom is 0.120 e. The molecule has 0 aromatic carbocycles. The summed E-state index contributed by atoms with van der Waals surface area (Å²) in [5.74, 6) is 1.02. The highest BCUT2D eigenvalue weighted by atomic mass is 16.5. The van der Waals surface area contributed by atoms with Crippen LogP contribution in [-0.4, -0.2) is 33.4 Å². The fourth-order valence-electron chi connectivity index (χ4n) is 1.26.